The Hall–Kier alpha value is -3.70. The highest BCUT2D eigenvalue weighted by Gasteiger charge is 2.13. The van der Waals surface area contributed by atoms with E-state index in [-0.39, 0.29) is 0 Å². The van der Waals surface area contributed by atoms with Gasteiger partial charge < -0.3 is 10.6 Å². The first-order chi connectivity index (χ1) is 14.8. The van der Waals surface area contributed by atoms with Crippen molar-refractivity contribution in [2.75, 3.05) is 10.6 Å². The van der Waals surface area contributed by atoms with Crippen LogP contribution in [0.4, 0.5) is 22.9 Å². The fraction of sp³-hybridized carbons (Fsp3) is 0.0400. The summed E-state index contributed by atoms with van der Waals surface area (Å²) in [5.41, 5.74) is 6.66. The average molecular weight is 409 g/mol. The van der Waals surface area contributed by atoms with Crippen molar-refractivity contribution in [2.24, 2.45) is 0 Å². The number of aryl methyl sites for hydroxylation is 1. The van der Waals surface area contributed by atoms with Gasteiger partial charge in [-0.1, -0.05) is 48.0 Å². The number of anilines is 4. The second kappa shape index (κ2) is 7.97. The topological polar surface area (TPSA) is 49.8 Å². The van der Waals surface area contributed by atoms with Crippen LogP contribution >= 0.6 is 11.3 Å². The van der Waals surface area contributed by atoms with Gasteiger partial charge in [0.2, 0.25) is 0 Å². The van der Waals surface area contributed by atoms with E-state index in [4.69, 9.17) is 0 Å². The maximum atomic E-state index is 4.54. The quantitative estimate of drug-likeness (QED) is 0.324. The van der Waals surface area contributed by atoms with E-state index in [1.807, 2.05) is 30.3 Å². The van der Waals surface area contributed by atoms with Gasteiger partial charge in [0, 0.05) is 28.0 Å². The van der Waals surface area contributed by atoms with Gasteiger partial charge in [-0.05, 0) is 48.9 Å². The van der Waals surface area contributed by atoms with Crippen molar-refractivity contribution in [1.29, 1.82) is 0 Å². The summed E-state index contributed by atoms with van der Waals surface area (Å²) < 4.78 is 0. The van der Waals surface area contributed by atoms with Crippen molar-refractivity contribution in [3.8, 4) is 11.1 Å². The Morgan fingerprint density at radius 3 is 2.10 bits per heavy atom. The Balaban J connectivity index is 1.44. The van der Waals surface area contributed by atoms with Gasteiger partial charge in [0.1, 0.15) is 17.0 Å². The Labute approximate surface area is 179 Å². The van der Waals surface area contributed by atoms with Crippen molar-refractivity contribution in [3.63, 3.8) is 0 Å². The van der Waals surface area contributed by atoms with Gasteiger partial charge in [-0.3, -0.25) is 0 Å². The van der Waals surface area contributed by atoms with Gasteiger partial charge >= 0.3 is 0 Å². The van der Waals surface area contributed by atoms with Crippen molar-refractivity contribution in [2.45, 2.75) is 6.92 Å². The predicted molar refractivity (Wildman–Crippen MR) is 127 cm³/mol. The molecule has 0 bridgehead atoms. The molecule has 0 atom stereocenters. The van der Waals surface area contributed by atoms with E-state index in [1.54, 1.807) is 17.7 Å². The fourth-order valence-electron chi connectivity index (χ4n) is 3.38. The zero-order valence-corrected chi connectivity index (χ0v) is 17.3. The number of fused-ring (bicyclic) bond motifs is 1. The number of rotatable bonds is 5. The van der Waals surface area contributed by atoms with Gasteiger partial charge in [0.25, 0.3) is 0 Å². The van der Waals surface area contributed by atoms with Crippen molar-refractivity contribution in [3.05, 3.63) is 96.1 Å². The first kappa shape index (κ1) is 18.3. The molecule has 4 nitrogen and oxygen atoms in total. The number of nitrogens with zero attached hydrogens (tertiary/aromatic N) is 2. The van der Waals surface area contributed by atoms with Crippen LogP contribution in [-0.2, 0) is 0 Å². The van der Waals surface area contributed by atoms with Crippen molar-refractivity contribution < 1.29 is 0 Å². The van der Waals surface area contributed by atoms with Crippen LogP contribution in [0.2, 0.25) is 0 Å². The molecular weight excluding hydrogens is 388 g/mol. The van der Waals surface area contributed by atoms with Crippen LogP contribution in [0, 0.1) is 6.92 Å². The number of nitrogens with one attached hydrogen (secondary N) is 2. The zero-order chi connectivity index (χ0) is 20.3. The second-order valence-corrected chi connectivity index (χ2v) is 7.97. The van der Waals surface area contributed by atoms with Crippen LogP contribution in [0.3, 0.4) is 0 Å². The van der Waals surface area contributed by atoms with Gasteiger partial charge in [-0.15, -0.1) is 11.3 Å². The largest absolute Gasteiger partial charge is 0.356 e. The molecule has 30 heavy (non-hydrogen) atoms. The summed E-state index contributed by atoms with van der Waals surface area (Å²) in [7, 11) is 0. The Kier molecular flexibility index (Phi) is 4.87. The molecule has 0 aliphatic rings. The first-order valence-electron chi connectivity index (χ1n) is 9.75. The summed E-state index contributed by atoms with van der Waals surface area (Å²) in [5.74, 6) is 0.820. The van der Waals surface area contributed by atoms with Crippen LogP contribution < -0.4 is 10.6 Å². The maximum Gasteiger partial charge on any atom is 0.143 e. The normalized spacial score (nSPS) is 10.8. The number of para-hydroxylation sites is 1. The molecule has 3 aromatic carbocycles. The summed E-state index contributed by atoms with van der Waals surface area (Å²) >= 11 is 1.64. The van der Waals surface area contributed by atoms with E-state index >= 15 is 0 Å². The highest BCUT2D eigenvalue weighted by Crippen LogP contribution is 2.37. The van der Waals surface area contributed by atoms with Crippen LogP contribution in [0.1, 0.15) is 5.56 Å². The highest BCUT2D eigenvalue weighted by atomic mass is 32.1. The molecular formula is C25H20N4S. The molecule has 0 radical (unpaired) electrons. The number of hydrogen-bond donors (Lipinski definition) is 2. The van der Waals surface area contributed by atoms with Gasteiger partial charge in [-0.25, -0.2) is 9.97 Å². The second-order valence-electron chi connectivity index (χ2n) is 7.11. The Bertz CT molecular complexity index is 1280. The summed E-state index contributed by atoms with van der Waals surface area (Å²) in [4.78, 5) is 9.98. The molecule has 0 amide bonds. The third-order valence-corrected chi connectivity index (χ3v) is 5.83. The van der Waals surface area contributed by atoms with E-state index in [9.17, 15) is 0 Å². The number of benzene rings is 3. The lowest BCUT2D eigenvalue weighted by atomic mass is 10.0. The van der Waals surface area contributed by atoms with Crippen LogP contribution in [0.25, 0.3) is 21.3 Å². The van der Waals surface area contributed by atoms with E-state index in [0.29, 0.717) is 0 Å². The van der Waals surface area contributed by atoms with Crippen molar-refractivity contribution >= 4 is 44.4 Å². The molecule has 5 aromatic rings. The molecule has 0 aliphatic carbocycles. The molecule has 0 fully saturated rings. The molecule has 0 aliphatic heterocycles. The number of aromatic nitrogens is 2. The third-order valence-electron chi connectivity index (χ3n) is 4.94. The van der Waals surface area contributed by atoms with E-state index in [1.165, 1.54) is 11.1 Å². The van der Waals surface area contributed by atoms with E-state index in [0.717, 1.165) is 38.7 Å². The molecule has 2 heterocycles. The number of hydrogen-bond acceptors (Lipinski definition) is 5. The van der Waals surface area contributed by atoms with Crippen LogP contribution in [0.5, 0.6) is 0 Å². The molecule has 0 unspecified atom stereocenters. The minimum absolute atomic E-state index is 0.820. The summed E-state index contributed by atoms with van der Waals surface area (Å²) in [5, 5.41) is 10.1. The number of thiophene rings is 1. The molecule has 5 rings (SSSR count). The van der Waals surface area contributed by atoms with Gasteiger partial charge in [-0.2, -0.15) is 0 Å². The van der Waals surface area contributed by atoms with Crippen LogP contribution in [-0.4, -0.2) is 9.97 Å². The SMILES string of the molecule is Cc1ccc(-c2csc3ncnc(Nc4ccc(Nc5ccccc5)cc4)c23)cc1. The van der Waals surface area contributed by atoms with E-state index < -0.39 is 0 Å². The highest BCUT2D eigenvalue weighted by molar-refractivity contribution is 7.17. The lowest BCUT2D eigenvalue weighted by Crippen LogP contribution is -1.96. The van der Waals surface area contributed by atoms with Gasteiger partial charge in [0.05, 0.1) is 5.39 Å². The monoisotopic (exact) mass is 408 g/mol. The Morgan fingerprint density at radius 2 is 1.37 bits per heavy atom. The molecule has 2 N–H and O–H groups in total. The summed E-state index contributed by atoms with van der Waals surface area (Å²) in [6, 6.07) is 26.9. The lowest BCUT2D eigenvalue weighted by molar-refractivity contribution is 1.23. The molecule has 146 valence electrons. The summed E-state index contributed by atoms with van der Waals surface area (Å²) in [6.07, 6.45) is 1.62. The third kappa shape index (κ3) is 3.75. The molecule has 5 heteroatoms. The standard InChI is InChI=1S/C25H20N4S/c1-17-7-9-18(10-8-17)22-15-30-25-23(22)24(26-16-27-25)29-21-13-11-20(12-14-21)28-19-5-3-2-4-6-19/h2-16,28H,1H3,(H,26,27,29). The van der Waals surface area contributed by atoms with Gasteiger partial charge in [0.15, 0.2) is 0 Å². The van der Waals surface area contributed by atoms with Crippen LogP contribution in [0.15, 0.2) is 90.6 Å². The first-order valence-corrected chi connectivity index (χ1v) is 10.6. The lowest BCUT2D eigenvalue weighted by Gasteiger charge is -2.10. The van der Waals surface area contributed by atoms with Crippen molar-refractivity contribution in [1.82, 2.24) is 9.97 Å². The molecule has 0 saturated carbocycles. The minimum atomic E-state index is 0.820. The molecule has 0 spiro atoms. The minimum Gasteiger partial charge on any atom is -0.356 e. The fourth-order valence-corrected chi connectivity index (χ4v) is 4.29. The molecule has 0 saturated heterocycles. The predicted octanol–water partition coefficient (Wildman–Crippen LogP) is 7.15. The zero-order valence-electron chi connectivity index (χ0n) is 16.5. The molecule has 2 aromatic heterocycles. The average Bonchev–Trinajstić information content (AvgIpc) is 3.22. The summed E-state index contributed by atoms with van der Waals surface area (Å²) in [6.45, 7) is 2.10. The Morgan fingerprint density at radius 1 is 0.700 bits per heavy atom. The maximum absolute atomic E-state index is 4.54. The van der Waals surface area contributed by atoms with E-state index in [2.05, 4.69) is 81.4 Å². The smallest absolute Gasteiger partial charge is 0.143 e.